The number of aromatic amines is 1. The fourth-order valence-corrected chi connectivity index (χ4v) is 1.76. The zero-order valence-corrected chi connectivity index (χ0v) is 11.1. The van der Waals surface area contributed by atoms with Crippen LogP contribution in [0.1, 0.15) is 52.3 Å². The van der Waals surface area contributed by atoms with Gasteiger partial charge in [0.1, 0.15) is 17.2 Å². The van der Waals surface area contributed by atoms with E-state index in [1.54, 1.807) is 0 Å². The molecule has 0 spiro atoms. The summed E-state index contributed by atoms with van der Waals surface area (Å²) in [6, 6.07) is 4.99. The van der Waals surface area contributed by atoms with Gasteiger partial charge in [-0.1, -0.05) is 0 Å². The molecule has 2 N–H and O–H groups in total. The first-order valence-electron chi connectivity index (χ1n) is 6.04. The van der Waals surface area contributed by atoms with Crippen LogP contribution in [0.25, 0.3) is 0 Å². The smallest absolute Gasteiger partial charge is 0.268 e. The number of hydrogen-bond donors (Lipinski definition) is 2. The molecular formula is C14H16N2O3. The Kier molecular flexibility index (Phi) is 3.55. The van der Waals surface area contributed by atoms with Crippen LogP contribution in [0.3, 0.4) is 0 Å². The second-order valence-electron chi connectivity index (χ2n) is 4.50. The number of hydrogen-bond acceptors (Lipinski definition) is 3. The summed E-state index contributed by atoms with van der Waals surface area (Å²) in [6.07, 6.45) is 1.53. The number of aromatic nitrogens is 1. The van der Waals surface area contributed by atoms with Crippen molar-refractivity contribution in [3.63, 3.8) is 0 Å². The maximum absolute atomic E-state index is 12.0. The van der Waals surface area contributed by atoms with Gasteiger partial charge in [0.05, 0.1) is 6.04 Å². The number of ketones is 1. The molecule has 0 aromatic carbocycles. The van der Waals surface area contributed by atoms with Gasteiger partial charge in [-0.2, -0.15) is 0 Å². The lowest BCUT2D eigenvalue weighted by atomic mass is 10.2. The number of H-pyrrole nitrogens is 1. The van der Waals surface area contributed by atoms with Gasteiger partial charge in [-0.3, -0.25) is 9.59 Å². The van der Waals surface area contributed by atoms with Gasteiger partial charge in [0.25, 0.3) is 5.91 Å². The van der Waals surface area contributed by atoms with Gasteiger partial charge in [-0.05, 0) is 39.0 Å². The summed E-state index contributed by atoms with van der Waals surface area (Å²) < 4.78 is 5.45. The Labute approximate surface area is 111 Å². The highest BCUT2D eigenvalue weighted by molar-refractivity contribution is 5.99. The van der Waals surface area contributed by atoms with Crippen molar-refractivity contribution in [3.8, 4) is 0 Å². The molecule has 1 amide bonds. The molecule has 0 unspecified atom stereocenters. The minimum atomic E-state index is -0.269. The number of Topliss-reactive ketones (excluding diaryl/α,β-unsaturated/α-hetero) is 1. The van der Waals surface area contributed by atoms with Crippen molar-refractivity contribution in [1.29, 1.82) is 0 Å². The first-order chi connectivity index (χ1) is 8.97. The lowest BCUT2D eigenvalue weighted by Crippen LogP contribution is -2.26. The van der Waals surface area contributed by atoms with E-state index in [0.29, 0.717) is 17.0 Å². The van der Waals surface area contributed by atoms with E-state index in [2.05, 4.69) is 10.3 Å². The van der Waals surface area contributed by atoms with Crippen LogP contribution in [0.15, 0.2) is 28.8 Å². The van der Waals surface area contributed by atoms with Gasteiger partial charge in [0, 0.05) is 11.8 Å². The number of nitrogens with one attached hydrogen (secondary N) is 2. The van der Waals surface area contributed by atoms with Crippen LogP contribution >= 0.6 is 0 Å². The summed E-state index contributed by atoms with van der Waals surface area (Å²) in [6.45, 7) is 5.15. The molecule has 2 aromatic rings. The van der Waals surface area contributed by atoms with Crippen molar-refractivity contribution >= 4 is 11.7 Å². The Morgan fingerprint density at radius 2 is 2.11 bits per heavy atom. The van der Waals surface area contributed by atoms with Crippen molar-refractivity contribution in [2.24, 2.45) is 0 Å². The molecule has 2 heterocycles. The van der Waals surface area contributed by atoms with Crippen LogP contribution in [-0.4, -0.2) is 16.7 Å². The highest BCUT2D eigenvalue weighted by atomic mass is 16.3. The molecule has 19 heavy (non-hydrogen) atoms. The van der Waals surface area contributed by atoms with E-state index in [1.807, 2.05) is 26.0 Å². The molecule has 0 aliphatic rings. The average molecular weight is 260 g/mol. The Bertz CT molecular complexity index is 610. The molecule has 5 nitrogen and oxygen atoms in total. The lowest BCUT2D eigenvalue weighted by molar-refractivity contribution is 0.0930. The van der Waals surface area contributed by atoms with Gasteiger partial charge in [-0.25, -0.2) is 0 Å². The normalized spacial score (nSPS) is 12.2. The molecule has 2 rings (SSSR count). The largest absolute Gasteiger partial charge is 0.464 e. The van der Waals surface area contributed by atoms with E-state index in [4.69, 9.17) is 4.42 Å². The maximum Gasteiger partial charge on any atom is 0.268 e. The summed E-state index contributed by atoms with van der Waals surface area (Å²) in [4.78, 5) is 25.9. The molecule has 100 valence electrons. The molecule has 1 atom stereocenters. The van der Waals surface area contributed by atoms with E-state index in [1.165, 1.54) is 19.2 Å². The van der Waals surface area contributed by atoms with E-state index >= 15 is 0 Å². The van der Waals surface area contributed by atoms with Crippen molar-refractivity contribution in [2.75, 3.05) is 0 Å². The van der Waals surface area contributed by atoms with Gasteiger partial charge in [0.15, 0.2) is 5.78 Å². The topological polar surface area (TPSA) is 75.1 Å². The SMILES string of the molecule is CC(=O)c1c[nH]c(C(=O)N[C@H](C)c2ccc(C)o2)c1. The molecule has 0 bridgehead atoms. The van der Waals surface area contributed by atoms with E-state index in [-0.39, 0.29) is 17.7 Å². The number of amides is 1. The predicted octanol–water partition coefficient (Wildman–Crippen LogP) is 2.61. The lowest BCUT2D eigenvalue weighted by Gasteiger charge is -2.10. The minimum absolute atomic E-state index is 0.0787. The molecule has 2 aromatic heterocycles. The second kappa shape index (κ2) is 5.14. The number of furan rings is 1. The van der Waals surface area contributed by atoms with Crippen LogP contribution < -0.4 is 5.32 Å². The molecule has 0 saturated heterocycles. The third kappa shape index (κ3) is 2.93. The first-order valence-corrected chi connectivity index (χ1v) is 6.04. The number of rotatable bonds is 4. The molecule has 0 saturated carbocycles. The summed E-state index contributed by atoms with van der Waals surface area (Å²) >= 11 is 0. The summed E-state index contributed by atoms with van der Waals surface area (Å²) in [5.74, 6) is 1.15. The van der Waals surface area contributed by atoms with Crippen molar-refractivity contribution in [2.45, 2.75) is 26.8 Å². The molecule has 0 aliphatic heterocycles. The van der Waals surface area contributed by atoms with E-state index < -0.39 is 0 Å². The van der Waals surface area contributed by atoms with Crippen LogP contribution in [0.4, 0.5) is 0 Å². The monoisotopic (exact) mass is 260 g/mol. The molecular weight excluding hydrogens is 244 g/mol. The summed E-state index contributed by atoms with van der Waals surface area (Å²) in [5.41, 5.74) is 0.854. The van der Waals surface area contributed by atoms with Crippen LogP contribution in [0.5, 0.6) is 0 Å². The standard InChI is InChI=1S/C14H16N2O3/c1-8-4-5-13(19-8)9(2)16-14(18)12-6-11(7-15-12)10(3)17/h4-7,9,15H,1-3H3,(H,16,18)/t9-/m1/s1. The number of aryl methyl sites for hydroxylation is 1. The van der Waals surface area contributed by atoms with E-state index in [9.17, 15) is 9.59 Å². The zero-order valence-electron chi connectivity index (χ0n) is 11.1. The third-order valence-electron chi connectivity index (χ3n) is 2.87. The molecule has 5 heteroatoms. The zero-order chi connectivity index (χ0) is 14.0. The fourth-order valence-electron chi connectivity index (χ4n) is 1.76. The quantitative estimate of drug-likeness (QED) is 0.830. The Morgan fingerprint density at radius 1 is 1.37 bits per heavy atom. The predicted molar refractivity (Wildman–Crippen MR) is 70.1 cm³/mol. The van der Waals surface area contributed by atoms with Gasteiger partial charge >= 0.3 is 0 Å². The summed E-state index contributed by atoms with van der Waals surface area (Å²) in [5, 5.41) is 2.80. The third-order valence-corrected chi connectivity index (χ3v) is 2.87. The van der Waals surface area contributed by atoms with Crippen LogP contribution in [0.2, 0.25) is 0 Å². The Morgan fingerprint density at radius 3 is 2.63 bits per heavy atom. The van der Waals surface area contributed by atoms with Crippen LogP contribution in [0, 0.1) is 6.92 Å². The van der Waals surface area contributed by atoms with Crippen molar-refractivity contribution in [3.05, 3.63) is 47.2 Å². The van der Waals surface area contributed by atoms with Gasteiger partial charge < -0.3 is 14.7 Å². The van der Waals surface area contributed by atoms with Crippen LogP contribution in [-0.2, 0) is 0 Å². The average Bonchev–Trinajstić information content (AvgIpc) is 2.96. The van der Waals surface area contributed by atoms with Crippen molar-refractivity contribution < 1.29 is 14.0 Å². The Hall–Kier alpha value is -2.30. The van der Waals surface area contributed by atoms with Crippen molar-refractivity contribution in [1.82, 2.24) is 10.3 Å². The molecule has 0 aliphatic carbocycles. The summed E-state index contributed by atoms with van der Waals surface area (Å²) in [7, 11) is 0. The number of carbonyl (C=O) groups excluding carboxylic acids is 2. The first kappa shape index (κ1) is 13.1. The highest BCUT2D eigenvalue weighted by Crippen LogP contribution is 2.16. The van der Waals surface area contributed by atoms with Gasteiger partial charge in [0.2, 0.25) is 0 Å². The Balaban J connectivity index is 2.06. The minimum Gasteiger partial charge on any atom is -0.464 e. The second-order valence-corrected chi connectivity index (χ2v) is 4.50. The molecule has 0 radical (unpaired) electrons. The highest BCUT2D eigenvalue weighted by Gasteiger charge is 2.16. The van der Waals surface area contributed by atoms with E-state index in [0.717, 1.165) is 5.76 Å². The number of carbonyl (C=O) groups is 2. The maximum atomic E-state index is 12.0. The molecule has 0 fully saturated rings. The fraction of sp³-hybridized carbons (Fsp3) is 0.286. The van der Waals surface area contributed by atoms with Gasteiger partial charge in [-0.15, -0.1) is 0 Å².